The maximum absolute atomic E-state index is 13.0. The van der Waals surface area contributed by atoms with Gasteiger partial charge >= 0.3 is 0 Å². The molecule has 31 heavy (non-hydrogen) atoms. The van der Waals surface area contributed by atoms with Gasteiger partial charge in [-0.2, -0.15) is 0 Å². The van der Waals surface area contributed by atoms with Crippen molar-refractivity contribution < 1.29 is 9.59 Å². The van der Waals surface area contributed by atoms with E-state index >= 15 is 0 Å². The first-order valence-electron chi connectivity index (χ1n) is 11.5. The van der Waals surface area contributed by atoms with Crippen molar-refractivity contribution in [3.63, 3.8) is 0 Å². The predicted molar refractivity (Wildman–Crippen MR) is 130 cm³/mol. The number of rotatable bonds is 9. The molecule has 1 fully saturated rings. The van der Waals surface area contributed by atoms with Gasteiger partial charge in [-0.15, -0.1) is 12.4 Å². The number of amides is 2. The number of hydrogen-bond acceptors (Lipinski definition) is 3. The molecule has 0 radical (unpaired) electrons. The van der Waals surface area contributed by atoms with E-state index in [2.05, 4.69) is 39.9 Å². The Morgan fingerprint density at radius 3 is 2.26 bits per heavy atom. The molecule has 5 atom stereocenters. The first-order valence-corrected chi connectivity index (χ1v) is 11.5. The second-order valence-electron chi connectivity index (χ2n) is 10.2. The van der Waals surface area contributed by atoms with Crippen LogP contribution in [0.15, 0.2) is 30.3 Å². The van der Waals surface area contributed by atoms with Gasteiger partial charge in [-0.05, 0) is 54.9 Å². The lowest BCUT2D eigenvalue weighted by Crippen LogP contribution is -2.52. The Balaban J connectivity index is 0.00000480. The van der Waals surface area contributed by atoms with E-state index in [4.69, 9.17) is 11.5 Å². The minimum absolute atomic E-state index is 0. The monoisotopic (exact) mass is 451 g/mol. The van der Waals surface area contributed by atoms with Crippen LogP contribution < -0.4 is 16.8 Å². The summed E-state index contributed by atoms with van der Waals surface area (Å²) in [5, 5.41) is 3.17. The van der Waals surface area contributed by atoms with E-state index in [1.165, 1.54) is 0 Å². The number of halogens is 1. The zero-order valence-corrected chi connectivity index (χ0v) is 20.6. The Hall–Kier alpha value is -1.59. The molecule has 0 bridgehead atoms. The average molecular weight is 452 g/mol. The number of primary amides is 1. The molecule has 1 saturated carbocycles. The van der Waals surface area contributed by atoms with Gasteiger partial charge in [0, 0.05) is 0 Å². The van der Waals surface area contributed by atoms with E-state index in [0.717, 1.165) is 24.8 Å². The summed E-state index contributed by atoms with van der Waals surface area (Å²) in [6.07, 6.45) is 4.01. The van der Waals surface area contributed by atoms with E-state index in [9.17, 15) is 9.59 Å². The van der Waals surface area contributed by atoms with Gasteiger partial charge in [0.05, 0.1) is 17.5 Å². The number of carbonyl (C=O) groups excluding carboxylic acids is 2. The molecule has 2 rings (SSSR count). The van der Waals surface area contributed by atoms with Gasteiger partial charge in [0.1, 0.15) is 0 Å². The van der Waals surface area contributed by atoms with Crippen LogP contribution in [0.25, 0.3) is 0 Å². The van der Waals surface area contributed by atoms with Gasteiger partial charge in [0.25, 0.3) is 0 Å². The van der Waals surface area contributed by atoms with Crippen LogP contribution >= 0.6 is 12.4 Å². The van der Waals surface area contributed by atoms with Gasteiger partial charge in [-0.1, -0.05) is 71.4 Å². The minimum atomic E-state index is -0.637. The molecule has 5 nitrogen and oxygen atoms in total. The van der Waals surface area contributed by atoms with Crippen molar-refractivity contribution in [2.24, 2.45) is 40.6 Å². The van der Waals surface area contributed by atoms with E-state index in [1.54, 1.807) is 0 Å². The van der Waals surface area contributed by atoms with Crippen molar-refractivity contribution in [3.05, 3.63) is 35.9 Å². The van der Waals surface area contributed by atoms with Crippen LogP contribution in [0.4, 0.5) is 0 Å². The van der Waals surface area contributed by atoms with Crippen LogP contribution in [0.2, 0.25) is 0 Å². The van der Waals surface area contributed by atoms with Crippen molar-refractivity contribution in [1.82, 2.24) is 5.32 Å². The molecule has 0 heterocycles. The fourth-order valence-electron chi connectivity index (χ4n) is 5.40. The Labute approximate surface area is 194 Å². The van der Waals surface area contributed by atoms with Gasteiger partial charge in [-0.25, -0.2) is 0 Å². The number of nitrogens with one attached hydrogen (secondary N) is 1. The lowest BCUT2D eigenvalue weighted by molar-refractivity contribution is -0.138. The summed E-state index contributed by atoms with van der Waals surface area (Å²) in [7, 11) is 0. The molecule has 1 aromatic carbocycles. The summed E-state index contributed by atoms with van der Waals surface area (Å²) in [6, 6.07) is 9.03. The highest BCUT2D eigenvalue weighted by atomic mass is 35.5. The van der Waals surface area contributed by atoms with Crippen LogP contribution in [0.1, 0.15) is 78.3 Å². The van der Waals surface area contributed by atoms with E-state index in [0.29, 0.717) is 30.6 Å². The molecule has 1 aliphatic carbocycles. The normalized spacial score (nSPS) is 25.5. The summed E-state index contributed by atoms with van der Waals surface area (Å²) >= 11 is 0. The SMILES string of the molecule is CC(C)C[C@@H](N)C(=O)N[C@@H](CC1(C(N)=O)CC(C)CCC1C(C)C)c1ccccc1.Cl. The molecular weight excluding hydrogens is 410 g/mol. The van der Waals surface area contributed by atoms with Gasteiger partial charge in [0.2, 0.25) is 11.8 Å². The topological polar surface area (TPSA) is 98.2 Å². The van der Waals surface area contributed by atoms with Crippen molar-refractivity contribution in [2.45, 2.75) is 78.8 Å². The molecule has 0 saturated heterocycles. The van der Waals surface area contributed by atoms with E-state index in [-0.39, 0.29) is 36.2 Å². The zero-order chi connectivity index (χ0) is 22.5. The highest BCUT2D eigenvalue weighted by Crippen LogP contribution is 2.51. The van der Waals surface area contributed by atoms with Crippen LogP contribution in [0.3, 0.4) is 0 Å². The predicted octanol–water partition coefficient (Wildman–Crippen LogP) is 4.59. The maximum atomic E-state index is 13.0. The van der Waals surface area contributed by atoms with Gasteiger partial charge in [0.15, 0.2) is 0 Å². The van der Waals surface area contributed by atoms with Crippen LogP contribution in [-0.4, -0.2) is 17.9 Å². The minimum Gasteiger partial charge on any atom is -0.369 e. The van der Waals surface area contributed by atoms with Crippen molar-refractivity contribution in [3.8, 4) is 0 Å². The van der Waals surface area contributed by atoms with Crippen LogP contribution in [0.5, 0.6) is 0 Å². The molecule has 2 amide bonds. The molecule has 5 N–H and O–H groups in total. The number of benzene rings is 1. The Bertz CT molecular complexity index is 710. The van der Waals surface area contributed by atoms with Crippen molar-refractivity contribution in [1.29, 1.82) is 0 Å². The molecule has 1 aromatic rings. The third kappa shape index (κ3) is 6.95. The maximum Gasteiger partial charge on any atom is 0.237 e. The van der Waals surface area contributed by atoms with Crippen LogP contribution in [-0.2, 0) is 9.59 Å². The first-order chi connectivity index (χ1) is 14.1. The lowest BCUT2D eigenvalue weighted by Gasteiger charge is -2.48. The Kier molecular flexibility index (Phi) is 10.5. The smallest absolute Gasteiger partial charge is 0.237 e. The van der Waals surface area contributed by atoms with Crippen molar-refractivity contribution in [2.75, 3.05) is 0 Å². The van der Waals surface area contributed by atoms with Gasteiger partial charge < -0.3 is 16.8 Å². The number of nitrogens with two attached hydrogens (primary N) is 2. The Morgan fingerprint density at radius 2 is 1.74 bits per heavy atom. The molecule has 0 aromatic heterocycles. The largest absolute Gasteiger partial charge is 0.369 e. The molecule has 176 valence electrons. The Morgan fingerprint density at radius 1 is 1.13 bits per heavy atom. The number of hydrogen-bond donors (Lipinski definition) is 3. The van der Waals surface area contributed by atoms with Gasteiger partial charge in [-0.3, -0.25) is 9.59 Å². The second-order valence-corrected chi connectivity index (χ2v) is 10.2. The van der Waals surface area contributed by atoms with E-state index < -0.39 is 11.5 Å². The molecule has 3 unspecified atom stereocenters. The molecule has 0 spiro atoms. The summed E-state index contributed by atoms with van der Waals surface area (Å²) in [4.78, 5) is 25.9. The summed E-state index contributed by atoms with van der Waals surface area (Å²) in [5.41, 5.74) is 12.6. The van der Waals surface area contributed by atoms with E-state index in [1.807, 2.05) is 30.3 Å². The fourth-order valence-corrected chi connectivity index (χ4v) is 5.40. The third-order valence-corrected chi connectivity index (χ3v) is 6.84. The highest BCUT2D eigenvalue weighted by Gasteiger charge is 2.50. The molecule has 0 aliphatic heterocycles. The standard InChI is InChI=1S/C25H41N3O2.ClH/c1-16(2)13-21(26)23(29)28-22(19-9-7-6-8-10-19)15-25(24(27)30)14-18(5)11-12-20(25)17(3)4;/h6-10,16-18,20-22H,11-15,26H2,1-5H3,(H2,27,30)(H,28,29);1H/t18?,20?,21-,22+,25?;/m1./s1. The van der Waals surface area contributed by atoms with Crippen LogP contribution in [0, 0.1) is 29.1 Å². The summed E-state index contributed by atoms with van der Waals surface area (Å²) in [6.45, 7) is 10.7. The summed E-state index contributed by atoms with van der Waals surface area (Å²) < 4.78 is 0. The second kappa shape index (κ2) is 11.9. The quantitative estimate of drug-likeness (QED) is 0.511. The molecule has 1 aliphatic rings. The molecule has 6 heteroatoms. The number of carbonyl (C=O) groups is 2. The zero-order valence-electron chi connectivity index (χ0n) is 19.8. The highest BCUT2D eigenvalue weighted by molar-refractivity contribution is 5.85. The molecular formula is C25H42ClN3O2. The summed E-state index contributed by atoms with van der Waals surface area (Å²) in [5.74, 6) is 0.917. The lowest BCUT2D eigenvalue weighted by atomic mass is 9.57. The fraction of sp³-hybridized carbons (Fsp3) is 0.680. The van der Waals surface area contributed by atoms with Crippen molar-refractivity contribution >= 4 is 24.2 Å². The first kappa shape index (κ1) is 27.4. The average Bonchev–Trinajstić information content (AvgIpc) is 2.67. The third-order valence-electron chi connectivity index (χ3n) is 6.84.